The van der Waals surface area contributed by atoms with Gasteiger partial charge in [-0.25, -0.2) is 0 Å². The van der Waals surface area contributed by atoms with Gasteiger partial charge in [-0.05, 0) is 34.4 Å². The van der Waals surface area contributed by atoms with Crippen molar-refractivity contribution in [1.82, 2.24) is 9.80 Å². The number of carboxylic acid groups (broad SMARTS) is 2. The number of hydrogen-bond donors (Lipinski definition) is 9. The normalized spacial score (nSPS) is 11.7. The summed E-state index contributed by atoms with van der Waals surface area (Å²) in [7, 11) is 0. The number of hydrogen-bond acceptors (Lipinski definition) is 11. The zero-order valence-electron chi connectivity index (χ0n) is 22.0. The van der Waals surface area contributed by atoms with Crippen molar-refractivity contribution in [2.24, 2.45) is 0 Å². The van der Waals surface area contributed by atoms with Crippen LogP contribution < -0.4 is 29.6 Å². The number of aliphatic hydroxyl groups excluding tert-OH is 5. The second kappa shape index (κ2) is 18.6. The Morgan fingerprint density at radius 3 is 1.85 bits per heavy atom. The minimum atomic E-state index is -1.27. The van der Waals surface area contributed by atoms with Gasteiger partial charge in [-0.1, -0.05) is 12.1 Å². The SMILES string of the molecule is O=C(O)CN(Cc1c(O)cc(CO)cc1CO)CC(CO)N(CC(=O)O)Cc1c(O)ccc(CO)c1CO.[Fe].[Na+]. The number of phenolic OH excluding ortho intramolecular Hbond substituents is 2. The number of phenols is 2. The van der Waals surface area contributed by atoms with Crippen LogP contribution in [0, 0.1) is 0 Å². The number of nitrogens with zero attached hydrogens (tertiary/aromatic N) is 2. The van der Waals surface area contributed by atoms with Crippen molar-refractivity contribution < 1.29 is 102 Å². The van der Waals surface area contributed by atoms with Crippen LogP contribution in [-0.4, -0.2) is 100.0 Å². The first-order valence-corrected chi connectivity index (χ1v) is 11.7. The van der Waals surface area contributed by atoms with E-state index in [9.17, 15) is 55.5 Å². The van der Waals surface area contributed by atoms with Crippen molar-refractivity contribution >= 4 is 11.9 Å². The van der Waals surface area contributed by atoms with Gasteiger partial charge >= 0.3 is 41.5 Å². The Labute approximate surface area is 263 Å². The van der Waals surface area contributed by atoms with Crippen molar-refractivity contribution in [1.29, 1.82) is 0 Å². The van der Waals surface area contributed by atoms with E-state index in [1.54, 1.807) is 0 Å². The number of aliphatic hydroxyl groups is 5. The molecule has 218 valence electrons. The van der Waals surface area contributed by atoms with Gasteiger partial charge in [0.2, 0.25) is 0 Å². The van der Waals surface area contributed by atoms with Gasteiger partial charge in [-0.3, -0.25) is 19.4 Å². The Morgan fingerprint density at radius 1 is 0.725 bits per heavy atom. The molecule has 40 heavy (non-hydrogen) atoms. The van der Waals surface area contributed by atoms with Gasteiger partial charge < -0.3 is 46.0 Å². The maximum Gasteiger partial charge on any atom is 1.00 e. The van der Waals surface area contributed by atoms with E-state index in [0.29, 0.717) is 11.1 Å². The number of carboxylic acids is 2. The summed E-state index contributed by atoms with van der Waals surface area (Å²) in [5.74, 6) is -3.05. The molecule has 0 amide bonds. The van der Waals surface area contributed by atoms with E-state index in [4.69, 9.17) is 0 Å². The zero-order valence-corrected chi connectivity index (χ0v) is 25.2. The summed E-state index contributed by atoms with van der Waals surface area (Å²) in [5, 5.41) is 88.6. The third-order valence-electron chi connectivity index (χ3n) is 6.20. The maximum atomic E-state index is 11.7. The predicted molar refractivity (Wildman–Crippen MR) is 132 cm³/mol. The molecule has 13 nitrogen and oxygen atoms in total. The van der Waals surface area contributed by atoms with Crippen molar-refractivity contribution in [2.75, 3.05) is 26.2 Å². The first-order chi connectivity index (χ1) is 18.1. The third-order valence-corrected chi connectivity index (χ3v) is 6.20. The molecule has 0 radical (unpaired) electrons. The molecule has 2 aromatic carbocycles. The van der Waals surface area contributed by atoms with Crippen LogP contribution in [0.5, 0.6) is 11.5 Å². The molecule has 0 aliphatic rings. The molecule has 0 fully saturated rings. The van der Waals surface area contributed by atoms with Crippen molar-refractivity contribution in [3.8, 4) is 11.5 Å². The molecule has 2 rings (SSSR count). The van der Waals surface area contributed by atoms with E-state index >= 15 is 0 Å². The fourth-order valence-corrected chi connectivity index (χ4v) is 4.32. The van der Waals surface area contributed by atoms with Gasteiger partial charge in [0.15, 0.2) is 0 Å². The average molecular weight is 617 g/mol. The molecule has 15 heteroatoms. The third kappa shape index (κ3) is 10.6. The summed E-state index contributed by atoms with van der Waals surface area (Å²) < 4.78 is 0. The molecule has 0 saturated carbocycles. The molecule has 1 atom stereocenters. The molecule has 0 aliphatic heterocycles. The predicted octanol–water partition coefficient (Wildman–Crippen LogP) is -4.10. The summed E-state index contributed by atoms with van der Waals surface area (Å²) in [6.07, 6.45) is 0. The Balaban J connectivity index is 0.00000760. The fraction of sp³-hybridized carbons (Fsp3) is 0.440. The van der Waals surface area contributed by atoms with Crippen LogP contribution in [-0.2, 0) is 66.2 Å². The Bertz CT molecular complexity index is 1120. The fourth-order valence-electron chi connectivity index (χ4n) is 4.32. The van der Waals surface area contributed by atoms with Gasteiger partial charge in [0.05, 0.1) is 46.1 Å². The van der Waals surface area contributed by atoms with Crippen LogP contribution in [0.25, 0.3) is 0 Å². The molecular weight excluding hydrogens is 583 g/mol. The van der Waals surface area contributed by atoms with E-state index in [1.165, 1.54) is 34.1 Å². The molecule has 9 N–H and O–H groups in total. The molecule has 0 aliphatic carbocycles. The first-order valence-electron chi connectivity index (χ1n) is 11.7. The van der Waals surface area contributed by atoms with E-state index in [-0.39, 0.29) is 100 Å². The van der Waals surface area contributed by atoms with Crippen LogP contribution in [0.3, 0.4) is 0 Å². The number of rotatable bonds is 16. The zero-order chi connectivity index (χ0) is 28.4. The standard InChI is InChI=1S/C25H34N2O11.Fe.Na/c28-10-15-3-17(12-30)19(23(34)4-15)6-26(8-24(35)36)5-18(13-31)27(9-25(37)38)7-20-21(14-32)16(11-29)1-2-22(20)33;;/h1-4,18,28-34H,5-14H2,(H,35,36)(H,37,38);;/q;;+1. The quantitative estimate of drug-likeness (QED) is 0.0819. The van der Waals surface area contributed by atoms with Crippen LogP contribution >= 0.6 is 0 Å². The van der Waals surface area contributed by atoms with Gasteiger partial charge in [-0.15, -0.1) is 0 Å². The summed E-state index contributed by atoms with van der Waals surface area (Å²) in [6.45, 7) is -4.32. The molecular formula is C25H34FeN2NaO11+. The van der Waals surface area contributed by atoms with Gasteiger partial charge in [0.25, 0.3) is 0 Å². The molecule has 0 saturated heterocycles. The van der Waals surface area contributed by atoms with E-state index in [2.05, 4.69) is 0 Å². The summed E-state index contributed by atoms with van der Waals surface area (Å²) in [4.78, 5) is 25.9. The number of aliphatic carboxylic acids is 2. The maximum absolute atomic E-state index is 11.7. The van der Waals surface area contributed by atoms with E-state index < -0.39 is 64.1 Å². The van der Waals surface area contributed by atoms with Crippen molar-refractivity contribution in [3.63, 3.8) is 0 Å². The molecule has 0 bridgehead atoms. The average Bonchev–Trinajstić information content (AvgIpc) is 2.87. The monoisotopic (exact) mass is 617 g/mol. The van der Waals surface area contributed by atoms with Crippen molar-refractivity contribution in [2.45, 2.75) is 45.6 Å². The van der Waals surface area contributed by atoms with Crippen LogP contribution in [0.2, 0.25) is 0 Å². The Kier molecular flexibility index (Phi) is 17.8. The molecule has 0 aromatic heterocycles. The van der Waals surface area contributed by atoms with Crippen LogP contribution in [0.15, 0.2) is 24.3 Å². The summed E-state index contributed by atoms with van der Waals surface area (Å²) in [6, 6.07) is 4.46. The summed E-state index contributed by atoms with van der Waals surface area (Å²) >= 11 is 0. The minimum Gasteiger partial charge on any atom is -0.508 e. The molecule has 2 aromatic rings. The van der Waals surface area contributed by atoms with Crippen molar-refractivity contribution in [3.05, 3.63) is 57.6 Å². The summed E-state index contributed by atoms with van der Waals surface area (Å²) in [5.41, 5.74) is 1.45. The smallest absolute Gasteiger partial charge is 0.508 e. The second-order valence-corrected chi connectivity index (χ2v) is 8.78. The first kappa shape index (κ1) is 38.2. The largest absolute Gasteiger partial charge is 1.00 e. The van der Waals surface area contributed by atoms with Gasteiger partial charge in [0.1, 0.15) is 11.5 Å². The Hall–Kier alpha value is -1.78. The minimum absolute atomic E-state index is 0. The molecule has 0 heterocycles. The van der Waals surface area contributed by atoms with Crippen LogP contribution in [0.4, 0.5) is 0 Å². The van der Waals surface area contributed by atoms with Gasteiger partial charge in [0, 0.05) is 53.9 Å². The number of carbonyl (C=O) groups is 2. The molecule has 1 unspecified atom stereocenters. The van der Waals surface area contributed by atoms with Gasteiger partial charge in [-0.2, -0.15) is 0 Å². The molecule has 0 spiro atoms. The van der Waals surface area contributed by atoms with E-state index in [0.717, 1.165) is 0 Å². The van der Waals surface area contributed by atoms with Crippen LogP contribution in [0.1, 0.15) is 33.4 Å². The topological polar surface area (TPSA) is 223 Å². The Morgan fingerprint density at radius 2 is 1.35 bits per heavy atom. The number of benzene rings is 2. The number of aromatic hydroxyl groups is 2. The second-order valence-electron chi connectivity index (χ2n) is 8.78. The van der Waals surface area contributed by atoms with E-state index in [1.807, 2.05) is 0 Å².